The first-order valence-electron chi connectivity index (χ1n) is 9.14. The zero-order valence-corrected chi connectivity index (χ0v) is 15.0. The monoisotopic (exact) mass is 372 g/mol. The number of aryl methyl sites for hydroxylation is 1. The van der Waals surface area contributed by atoms with Gasteiger partial charge in [-0.3, -0.25) is 4.98 Å². The minimum atomic E-state index is -0.342. The normalized spacial score (nSPS) is 13.7. The van der Waals surface area contributed by atoms with Crippen molar-refractivity contribution in [1.29, 1.82) is 0 Å². The number of rotatable bonds is 3. The molecule has 4 aromatic rings. The fraction of sp³-hybridized carbons (Fsp3) is 0.143. The van der Waals surface area contributed by atoms with Gasteiger partial charge in [-0.1, -0.05) is 6.08 Å². The lowest BCUT2D eigenvalue weighted by molar-refractivity contribution is 0.629. The predicted molar refractivity (Wildman–Crippen MR) is 105 cm³/mol. The second-order valence-corrected chi connectivity index (χ2v) is 6.66. The molecule has 0 bridgehead atoms. The molecule has 0 amide bonds. The zero-order valence-electron chi connectivity index (χ0n) is 15.0. The molecule has 0 aliphatic heterocycles. The lowest BCUT2D eigenvalue weighted by atomic mass is 9.99. The van der Waals surface area contributed by atoms with Gasteiger partial charge in [-0.2, -0.15) is 0 Å². The Kier molecular flexibility index (Phi) is 4.05. The molecule has 1 N–H and O–H groups in total. The number of nitrogens with zero attached hydrogens (tertiary/aromatic N) is 5. The van der Waals surface area contributed by atoms with Gasteiger partial charge in [0.1, 0.15) is 0 Å². The number of halogens is 1. The maximum atomic E-state index is 14.5. The Morgan fingerprint density at radius 1 is 1.11 bits per heavy atom. The Hall–Kier alpha value is -3.61. The van der Waals surface area contributed by atoms with Crippen LogP contribution in [0.3, 0.4) is 0 Å². The minimum Gasteiger partial charge on any atom is -0.324 e. The van der Waals surface area contributed by atoms with E-state index < -0.39 is 0 Å². The molecule has 0 aromatic carbocycles. The number of fused-ring (bicyclic) bond motifs is 2. The van der Waals surface area contributed by atoms with E-state index in [9.17, 15) is 4.39 Å². The number of hydrogen-bond donors (Lipinski definition) is 1. The summed E-state index contributed by atoms with van der Waals surface area (Å²) in [5.41, 5.74) is 4.86. The molecular weight excluding hydrogens is 355 g/mol. The quantitative estimate of drug-likeness (QED) is 0.585. The van der Waals surface area contributed by atoms with E-state index in [1.807, 2.05) is 24.5 Å². The number of allylic oxidation sites excluding steroid dienone is 1. The van der Waals surface area contributed by atoms with Gasteiger partial charge in [0, 0.05) is 54.0 Å². The van der Waals surface area contributed by atoms with Gasteiger partial charge in [-0.15, -0.1) is 0 Å². The van der Waals surface area contributed by atoms with Crippen molar-refractivity contribution >= 4 is 22.9 Å². The van der Waals surface area contributed by atoms with Gasteiger partial charge >= 0.3 is 0 Å². The molecule has 6 nitrogen and oxygen atoms in total. The van der Waals surface area contributed by atoms with Gasteiger partial charge in [0.05, 0.1) is 5.69 Å². The van der Waals surface area contributed by atoms with Crippen LogP contribution in [0.2, 0.25) is 0 Å². The largest absolute Gasteiger partial charge is 0.324 e. The molecule has 4 heterocycles. The minimum absolute atomic E-state index is 0.325. The Morgan fingerprint density at radius 3 is 2.89 bits per heavy atom. The summed E-state index contributed by atoms with van der Waals surface area (Å²) in [6.07, 6.45) is 15.4. The molecule has 0 saturated heterocycles. The highest BCUT2D eigenvalue weighted by Gasteiger charge is 2.18. The van der Waals surface area contributed by atoms with E-state index in [2.05, 4.69) is 26.3 Å². The van der Waals surface area contributed by atoms with Gasteiger partial charge in [-0.05, 0) is 43.0 Å². The molecule has 28 heavy (non-hydrogen) atoms. The van der Waals surface area contributed by atoms with Crippen molar-refractivity contribution < 1.29 is 4.39 Å². The molecule has 0 spiro atoms. The van der Waals surface area contributed by atoms with Crippen molar-refractivity contribution in [3.8, 4) is 0 Å². The first-order valence-corrected chi connectivity index (χ1v) is 9.14. The van der Waals surface area contributed by atoms with Crippen LogP contribution in [0.4, 0.5) is 16.0 Å². The number of nitrogens with one attached hydrogen (secondary N) is 1. The second kappa shape index (κ2) is 6.84. The van der Waals surface area contributed by atoms with E-state index >= 15 is 0 Å². The summed E-state index contributed by atoms with van der Waals surface area (Å²) in [7, 11) is 0. The molecule has 1 aliphatic carbocycles. The van der Waals surface area contributed by atoms with Crippen LogP contribution in [0, 0.1) is 5.82 Å². The van der Waals surface area contributed by atoms with E-state index in [1.54, 1.807) is 29.2 Å². The van der Waals surface area contributed by atoms with Crippen molar-refractivity contribution in [3.05, 3.63) is 84.1 Å². The zero-order chi connectivity index (χ0) is 18.9. The molecule has 4 aromatic heterocycles. The van der Waals surface area contributed by atoms with Crippen LogP contribution >= 0.6 is 0 Å². The smallest absolute Gasteiger partial charge is 0.227 e. The van der Waals surface area contributed by atoms with Gasteiger partial charge in [-0.25, -0.2) is 19.3 Å². The van der Waals surface area contributed by atoms with E-state index in [4.69, 9.17) is 4.98 Å². The van der Waals surface area contributed by atoms with E-state index in [-0.39, 0.29) is 5.82 Å². The van der Waals surface area contributed by atoms with Crippen LogP contribution in [0.5, 0.6) is 0 Å². The molecule has 0 radical (unpaired) electrons. The third kappa shape index (κ3) is 3.00. The lowest BCUT2D eigenvalue weighted by Gasteiger charge is -2.13. The van der Waals surface area contributed by atoms with Crippen LogP contribution < -0.4 is 5.32 Å². The van der Waals surface area contributed by atoms with Crippen molar-refractivity contribution in [1.82, 2.24) is 24.3 Å². The number of imidazole rings is 1. The van der Waals surface area contributed by atoms with Gasteiger partial charge in [0.25, 0.3) is 0 Å². The first-order chi connectivity index (χ1) is 13.8. The molecule has 0 unspecified atom stereocenters. The lowest BCUT2D eigenvalue weighted by Crippen LogP contribution is -2.04. The molecular formula is C21H17FN6. The van der Waals surface area contributed by atoms with Gasteiger partial charge < -0.3 is 9.72 Å². The SMILES string of the molecule is Fc1cc(C2=CCCCc3nc(Nc4ccncc4)ncc32)cn2ccnc12. The average molecular weight is 372 g/mol. The number of aromatic nitrogens is 5. The van der Waals surface area contributed by atoms with Crippen molar-refractivity contribution in [2.45, 2.75) is 19.3 Å². The summed E-state index contributed by atoms with van der Waals surface area (Å²) in [6.45, 7) is 0. The van der Waals surface area contributed by atoms with Gasteiger partial charge in [0.2, 0.25) is 5.95 Å². The Morgan fingerprint density at radius 2 is 2.00 bits per heavy atom. The third-order valence-corrected chi connectivity index (χ3v) is 4.81. The molecule has 5 rings (SSSR count). The maximum absolute atomic E-state index is 14.5. The summed E-state index contributed by atoms with van der Waals surface area (Å²) < 4.78 is 16.2. The van der Waals surface area contributed by atoms with Crippen LogP contribution in [0.25, 0.3) is 11.2 Å². The highest BCUT2D eigenvalue weighted by Crippen LogP contribution is 2.31. The van der Waals surface area contributed by atoms with E-state index in [1.165, 1.54) is 6.07 Å². The topological polar surface area (TPSA) is 68.0 Å². The molecule has 0 atom stereocenters. The van der Waals surface area contributed by atoms with Crippen molar-refractivity contribution in [2.75, 3.05) is 5.32 Å². The Balaban J connectivity index is 1.55. The van der Waals surface area contributed by atoms with Crippen LogP contribution in [-0.2, 0) is 6.42 Å². The maximum Gasteiger partial charge on any atom is 0.227 e. The van der Waals surface area contributed by atoms with Crippen LogP contribution in [-0.4, -0.2) is 24.3 Å². The summed E-state index contributed by atoms with van der Waals surface area (Å²) in [5.74, 6) is 0.202. The standard InChI is InChI=1S/C21H17FN6/c22-18-11-14(13-28-10-9-24-20(18)28)16-3-1-2-4-19-17(16)12-25-21(27-19)26-15-5-7-23-8-6-15/h3,5-13H,1-2,4H2,(H,23,25,26,27). The predicted octanol–water partition coefficient (Wildman–Crippen LogP) is 4.17. The van der Waals surface area contributed by atoms with E-state index in [0.29, 0.717) is 11.6 Å². The number of pyridine rings is 2. The first kappa shape index (κ1) is 16.6. The number of hydrogen-bond acceptors (Lipinski definition) is 5. The van der Waals surface area contributed by atoms with E-state index in [0.717, 1.165) is 47.3 Å². The second-order valence-electron chi connectivity index (χ2n) is 6.66. The molecule has 138 valence electrons. The van der Waals surface area contributed by atoms with Gasteiger partial charge in [0.15, 0.2) is 11.5 Å². The van der Waals surface area contributed by atoms with Crippen LogP contribution in [0.1, 0.15) is 29.7 Å². The molecule has 0 saturated carbocycles. The average Bonchev–Trinajstić information content (AvgIpc) is 3.09. The Bertz CT molecular complexity index is 1180. The fourth-order valence-electron chi connectivity index (χ4n) is 3.49. The number of anilines is 2. The summed E-state index contributed by atoms with van der Waals surface area (Å²) >= 11 is 0. The summed E-state index contributed by atoms with van der Waals surface area (Å²) in [5, 5.41) is 3.20. The highest BCUT2D eigenvalue weighted by atomic mass is 19.1. The van der Waals surface area contributed by atoms with Crippen molar-refractivity contribution in [3.63, 3.8) is 0 Å². The molecule has 0 fully saturated rings. The third-order valence-electron chi connectivity index (χ3n) is 4.81. The summed E-state index contributed by atoms with van der Waals surface area (Å²) in [6, 6.07) is 5.26. The highest BCUT2D eigenvalue weighted by molar-refractivity contribution is 5.81. The van der Waals surface area contributed by atoms with Crippen LogP contribution in [0.15, 0.2) is 61.5 Å². The fourth-order valence-corrected chi connectivity index (χ4v) is 3.49. The Labute approximate surface area is 160 Å². The summed E-state index contributed by atoms with van der Waals surface area (Å²) in [4.78, 5) is 17.3. The molecule has 1 aliphatic rings. The molecule has 7 heteroatoms. The van der Waals surface area contributed by atoms with Crippen molar-refractivity contribution in [2.24, 2.45) is 0 Å².